The highest BCUT2D eigenvalue weighted by atomic mass is 19.1. The van der Waals surface area contributed by atoms with Gasteiger partial charge < -0.3 is 15.8 Å². The summed E-state index contributed by atoms with van der Waals surface area (Å²) < 4.78 is 19.2. The van der Waals surface area contributed by atoms with E-state index in [0.29, 0.717) is 18.8 Å². The Morgan fingerprint density at radius 1 is 1.52 bits per heavy atom. The van der Waals surface area contributed by atoms with Gasteiger partial charge in [0.25, 0.3) is 0 Å². The molecule has 0 aromatic heterocycles. The smallest absolute Gasteiger partial charge is 0.241 e. The Kier molecular flexibility index (Phi) is 4.80. The molecule has 1 amide bonds. The lowest BCUT2D eigenvalue weighted by atomic mass is 10.1. The van der Waals surface area contributed by atoms with Crippen LogP contribution in [0, 0.1) is 5.82 Å². The Balaban J connectivity index is 2.06. The fourth-order valence-electron chi connectivity index (χ4n) is 2.50. The normalized spacial score (nSPS) is 24.6. The van der Waals surface area contributed by atoms with Crippen LogP contribution >= 0.6 is 0 Å². The zero-order valence-electron chi connectivity index (χ0n) is 12.6. The average Bonchev–Trinajstić information content (AvgIpc) is 2.44. The lowest BCUT2D eigenvalue weighted by Gasteiger charge is -2.39. The van der Waals surface area contributed by atoms with Crippen molar-refractivity contribution in [1.29, 1.82) is 0 Å². The van der Waals surface area contributed by atoms with Crippen LogP contribution in [-0.4, -0.2) is 42.1 Å². The molecule has 5 nitrogen and oxygen atoms in total. The summed E-state index contributed by atoms with van der Waals surface area (Å²) in [5.74, 6) is -0.742. The molecule has 0 aliphatic carbocycles. The van der Waals surface area contributed by atoms with E-state index in [1.807, 2.05) is 20.8 Å². The zero-order valence-corrected chi connectivity index (χ0v) is 12.6. The number of nitrogens with zero attached hydrogens (tertiary/aromatic N) is 1. The van der Waals surface area contributed by atoms with Crippen molar-refractivity contribution >= 4 is 17.3 Å². The molecule has 3 N–H and O–H groups in total. The highest BCUT2D eigenvalue weighted by molar-refractivity contribution is 5.95. The van der Waals surface area contributed by atoms with Gasteiger partial charge in [-0.05, 0) is 39.0 Å². The molecular weight excluding hydrogens is 273 g/mol. The molecule has 0 bridgehead atoms. The molecule has 0 radical (unpaired) electrons. The molecule has 1 aliphatic rings. The minimum absolute atomic E-state index is 0.0838. The summed E-state index contributed by atoms with van der Waals surface area (Å²) in [5.41, 5.74) is 6.14. The summed E-state index contributed by atoms with van der Waals surface area (Å²) >= 11 is 0. The summed E-state index contributed by atoms with van der Waals surface area (Å²) in [6.45, 7) is 7.06. The molecule has 1 aliphatic heterocycles. The number of benzene rings is 1. The summed E-state index contributed by atoms with van der Waals surface area (Å²) in [4.78, 5) is 14.4. The minimum Gasteiger partial charge on any atom is -0.399 e. The number of hydrogen-bond acceptors (Lipinski definition) is 4. The molecule has 3 unspecified atom stereocenters. The highest BCUT2D eigenvalue weighted by Crippen LogP contribution is 2.20. The Morgan fingerprint density at radius 3 is 2.95 bits per heavy atom. The third-order valence-corrected chi connectivity index (χ3v) is 3.78. The first-order valence-corrected chi connectivity index (χ1v) is 7.11. The quantitative estimate of drug-likeness (QED) is 0.835. The van der Waals surface area contributed by atoms with Crippen LogP contribution in [0.15, 0.2) is 18.2 Å². The predicted octanol–water partition coefficient (Wildman–Crippen LogP) is 1.84. The Bertz CT molecular complexity index is 524. The van der Waals surface area contributed by atoms with Crippen LogP contribution in [0.4, 0.5) is 15.8 Å². The number of morpholine rings is 1. The lowest BCUT2D eigenvalue weighted by molar-refractivity contribution is -0.126. The Labute approximate surface area is 124 Å². The lowest BCUT2D eigenvalue weighted by Crippen LogP contribution is -2.54. The first-order chi connectivity index (χ1) is 9.88. The van der Waals surface area contributed by atoms with Crippen LogP contribution in [0.5, 0.6) is 0 Å². The molecule has 3 atom stereocenters. The van der Waals surface area contributed by atoms with E-state index in [9.17, 15) is 9.18 Å². The van der Waals surface area contributed by atoms with Crippen molar-refractivity contribution in [2.24, 2.45) is 0 Å². The number of carbonyl (C=O) groups is 1. The second kappa shape index (κ2) is 6.41. The largest absolute Gasteiger partial charge is 0.399 e. The van der Waals surface area contributed by atoms with Crippen molar-refractivity contribution in [3.05, 3.63) is 24.0 Å². The van der Waals surface area contributed by atoms with Crippen LogP contribution in [-0.2, 0) is 9.53 Å². The molecule has 0 spiro atoms. The topological polar surface area (TPSA) is 67.6 Å². The number of ether oxygens (including phenoxy) is 1. The molecule has 1 saturated heterocycles. The Morgan fingerprint density at radius 2 is 2.24 bits per heavy atom. The molecule has 1 heterocycles. The van der Waals surface area contributed by atoms with E-state index in [2.05, 4.69) is 10.2 Å². The molecule has 0 saturated carbocycles. The first-order valence-electron chi connectivity index (χ1n) is 7.11. The molecule has 1 aromatic rings. The molecule has 1 aromatic carbocycles. The second-order valence-corrected chi connectivity index (χ2v) is 5.59. The van der Waals surface area contributed by atoms with Crippen LogP contribution in [0.1, 0.15) is 20.8 Å². The van der Waals surface area contributed by atoms with Crippen molar-refractivity contribution in [2.75, 3.05) is 24.2 Å². The number of carbonyl (C=O) groups excluding carboxylic acids is 1. The third kappa shape index (κ3) is 3.71. The van der Waals surface area contributed by atoms with Gasteiger partial charge in [0, 0.05) is 18.3 Å². The zero-order chi connectivity index (χ0) is 15.6. The van der Waals surface area contributed by atoms with E-state index < -0.39 is 5.82 Å². The standard InChI is InChI=1S/C15H22FN3O2/c1-9-8-21-10(2)7-19(9)11(3)15(20)18-14-6-12(17)4-5-13(14)16/h4-6,9-11H,7-8,17H2,1-3H3,(H,18,20). The van der Waals surface area contributed by atoms with Crippen molar-refractivity contribution < 1.29 is 13.9 Å². The summed E-state index contributed by atoms with van der Waals surface area (Å²) in [6, 6.07) is 3.90. The summed E-state index contributed by atoms with van der Waals surface area (Å²) in [7, 11) is 0. The molecule has 6 heteroatoms. The van der Waals surface area contributed by atoms with Gasteiger partial charge in [-0.15, -0.1) is 0 Å². The average molecular weight is 295 g/mol. The van der Waals surface area contributed by atoms with Crippen LogP contribution in [0.3, 0.4) is 0 Å². The third-order valence-electron chi connectivity index (χ3n) is 3.78. The maximum Gasteiger partial charge on any atom is 0.241 e. The van der Waals surface area contributed by atoms with Gasteiger partial charge >= 0.3 is 0 Å². The maximum atomic E-state index is 13.7. The van der Waals surface area contributed by atoms with Gasteiger partial charge in [-0.1, -0.05) is 0 Å². The van der Waals surface area contributed by atoms with E-state index in [1.54, 1.807) is 0 Å². The molecule has 116 valence electrons. The number of hydrogen-bond donors (Lipinski definition) is 2. The minimum atomic E-state index is -0.492. The number of halogens is 1. The van der Waals surface area contributed by atoms with Gasteiger partial charge in [0.05, 0.1) is 24.4 Å². The van der Waals surface area contributed by atoms with Gasteiger partial charge in [-0.2, -0.15) is 0 Å². The van der Waals surface area contributed by atoms with E-state index in [4.69, 9.17) is 10.5 Å². The van der Waals surface area contributed by atoms with Crippen molar-refractivity contribution in [3.8, 4) is 0 Å². The van der Waals surface area contributed by atoms with E-state index >= 15 is 0 Å². The van der Waals surface area contributed by atoms with Gasteiger partial charge in [0.15, 0.2) is 0 Å². The summed E-state index contributed by atoms with van der Waals surface area (Å²) in [6.07, 6.45) is 0.0838. The van der Waals surface area contributed by atoms with E-state index in [-0.39, 0.29) is 29.8 Å². The molecule has 21 heavy (non-hydrogen) atoms. The molecule has 2 rings (SSSR count). The fourth-order valence-corrected chi connectivity index (χ4v) is 2.50. The second-order valence-electron chi connectivity index (χ2n) is 5.59. The van der Waals surface area contributed by atoms with Crippen molar-refractivity contribution in [1.82, 2.24) is 4.90 Å². The number of nitrogens with two attached hydrogens (primary N) is 1. The predicted molar refractivity (Wildman–Crippen MR) is 80.5 cm³/mol. The monoisotopic (exact) mass is 295 g/mol. The molecule has 1 fully saturated rings. The Hall–Kier alpha value is -1.66. The number of rotatable bonds is 3. The summed E-state index contributed by atoms with van der Waals surface area (Å²) in [5, 5.41) is 2.61. The molecular formula is C15H22FN3O2. The van der Waals surface area contributed by atoms with Crippen LogP contribution in [0.25, 0.3) is 0 Å². The number of amides is 1. The number of nitrogens with one attached hydrogen (secondary N) is 1. The van der Waals surface area contributed by atoms with Crippen molar-refractivity contribution in [3.63, 3.8) is 0 Å². The fraction of sp³-hybridized carbons (Fsp3) is 0.533. The number of anilines is 2. The van der Waals surface area contributed by atoms with Crippen LogP contribution < -0.4 is 11.1 Å². The highest BCUT2D eigenvalue weighted by Gasteiger charge is 2.31. The van der Waals surface area contributed by atoms with Crippen molar-refractivity contribution in [2.45, 2.75) is 39.0 Å². The first kappa shape index (κ1) is 15.7. The number of nitrogen functional groups attached to an aromatic ring is 1. The van der Waals surface area contributed by atoms with Gasteiger partial charge in [-0.3, -0.25) is 9.69 Å². The van der Waals surface area contributed by atoms with Crippen LogP contribution in [0.2, 0.25) is 0 Å². The van der Waals surface area contributed by atoms with Gasteiger partial charge in [-0.25, -0.2) is 4.39 Å². The maximum absolute atomic E-state index is 13.7. The van der Waals surface area contributed by atoms with Gasteiger partial charge in [0.1, 0.15) is 5.82 Å². The SMILES string of the molecule is CC1CN(C(C)C(=O)Nc2cc(N)ccc2F)C(C)CO1. The van der Waals surface area contributed by atoms with E-state index in [1.165, 1.54) is 18.2 Å². The van der Waals surface area contributed by atoms with E-state index in [0.717, 1.165) is 0 Å². The van der Waals surface area contributed by atoms with Gasteiger partial charge in [0.2, 0.25) is 5.91 Å².